The van der Waals surface area contributed by atoms with Crippen molar-refractivity contribution in [3.05, 3.63) is 24.2 Å². The highest BCUT2D eigenvalue weighted by Gasteiger charge is 1.98. The van der Waals surface area contributed by atoms with E-state index in [1.54, 1.807) is 6.26 Å². The van der Waals surface area contributed by atoms with E-state index in [2.05, 4.69) is 22.4 Å². The highest BCUT2D eigenvalue weighted by molar-refractivity contribution is 6.15. The lowest BCUT2D eigenvalue weighted by Gasteiger charge is -2.10. The highest BCUT2D eigenvalue weighted by atomic mass is 35.5. The highest BCUT2D eigenvalue weighted by Crippen LogP contribution is 2.01. The van der Waals surface area contributed by atoms with Crippen molar-refractivity contribution >= 4 is 11.6 Å². The van der Waals surface area contributed by atoms with Crippen LogP contribution in [0.25, 0.3) is 0 Å². The van der Waals surface area contributed by atoms with Gasteiger partial charge in [-0.05, 0) is 19.2 Å². The van der Waals surface area contributed by atoms with Crippen LogP contribution in [0.2, 0.25) is 0 Å². The fourth-order valence-corrected chi connectivity index (χ4v) is 0.991. The van der Waals surface area contributed by atoms with Crippen molar-refractivity contribution in [3.8, 4) is 12.3 Å². The van der Waals surface area contributed by atoms with Crippen LogP contribution in [0.1, 0.15) is 5.76 Å². The number of furan rings is 1. The van der Waals surface area contributed by atoms with E-state index in [1.165, 1.54) is 6.38 Å². The largest absolute Gasteiger partial charge is 0.469 e. The zero-order valence-electron chi connectivity index (χ0n) is 8.66. The molecular weight excluding hydrogens is 198 g/mol. The van der Waals surface area contributed by atoms with E-state index in [-0.39, 0.29) is 0 Å². The Hall–Kier alpha value is -0.910. The Morgan fingerprint density at radius 3 is 2.79 bits per heavy atom. The zero-order chi connectivity index (χ0) is 10.8. The first-order valence-corrected chi connectivity index (χ1v) is 5.10. The minimum Gasteiger partial charge on any atom is -0.469 e. The van der Waals surface area contributed by atoms with E-state index in [1.807, 2.05) is 19.2 Å². The van der Waals surface area contributed by atoms with Crippen molar-refractivity contribution in [2.75, 3.05) is 26.5 Å². The van der Waals surface area contributed by atoms with Crippen LogP contribution < -0.4 is 0 Å². The summed E-state index contributed by atoms with van der Waals surface area (Å²) in [5, 5.41) is 0. The average Bonchev–Trinajstić information content (AvgIpc) is 2.71. The summed E-state index contributed by atoms with van der Waals surface area (Å²) in [4.78, 5) is 2.09. The normalized spacial score (nSPS) is 9.07. The second-order valence-electron chi connectivity index (χ2n) is 2.77. The lowest BCUT2D eigenvalue weighted by molar-refractivity contribution is 0.363. The molecule has 78 valence electrons. The minimum absolute atomic E-state index is 0.695. The van der Waals surface area contributed by atoms with Gasteiger partial charge in [-0.2, -0.15) is 0 Å². The summed E-state index contributed by atoms with van der Waals surface area (Å²) in [5.41, 5.74) is 0. The number of halogens is 1. The van der Waals surface area contributed by atoms with Gasteiger partial charge in [-0.25, -0.2) is 0 Å². The molecule has 0 radical (unpaired) electrons. The van der Waals surface area contributed by atoms with Crippen LogP contribution >= 0.6 is 11.6 Å². The maximum absolute atomic E-state index is 5.18. The van der Waals surface area contributed by atoms with Gasteiger partial charge < -0.3 is 4.42 Å². The predicted octanol–water partition coefficient (Wildman–Crippen LogP) is 2.24. The topological polar surface area (TPSA) is 16.4 Å². The van der Waals surface area contributed by atoms with Gasteiger partial charge in [0.15, 0.2) is 0 Å². The Morgan fingerprint density at radius 1 is 1.57 bits per heavy atom. The van der Waals surface area contributed by atoms with E-state index in [0.717, 1.165) is 18.7 Å². The van der Waals surface area contributed by atoms with Gasteiger partial charge >= 0.3 is 0 Å². The molecule has 1 rings (SSSR count). The van der Waals surface area contributed by atoms with Gasteiger partial charge in [0, 0.05) is 19.3 Å². The molecule has 1 aromatic rings. The van der Waals surface area contributed by atoms with E-state index in [0.29, 0.717) is 6.54 Å². The second kappa shape index (κ2) is 8.68. The molecule has 0 aliphatic heterocycles. The number of hydrogen-bond donors (Lipinski definition) is 0. The minimum atomic E-state index is 0.695. The van der Waals surface area contributed by atoms with Crippen molar-refractivity contribution in [1.29, 1.82) is 0 Å². The van der Waals surface area contributed by atoms with E-state index in [9.17, 15) is 0 Å². The van der Waals surface area contributed by atoms with Crippen LogP contribution in [0, 0.1) is 12.3 Å². The second-order valence-corrected chi connectivity index (χ2v) is 2.77. The first kappa shape index (κ1) is 13.1. The molecule has 0 N–H and O–H groups in total. The molecule has 0 saturated heterocycles. The molecule has 0 aliphatic rings. The lowest BCUT2D eigenvalue weighted by Crippen LogP contribution is -2.21. The molecule has 0 saturated carbocycles. The summed E-state index contributed by atoms with van der Waals surface area (Å²) in [6.45, 7) is 1.64. The fourth-order valence-electron chi connectivity index (χ4n) is 0.991. The molecule has 1 heterocycles. The summed E-state index contributed by atoms with van der Waals surface area (Å²) < 4.78 is 5.18. The Morgan fingerprint density at radius 2 is 2.29 bits per heavy atom. The van der Waals surface area contributed by atoms with Gasteiger partial charge in [0.05, 0.1) is 12.8 Å². The Balaban J connectivity index is 0.000000791. The molecule has 0 atom stereocenters. The van der Waals surface area contributed by atoms with E-state index >= 15 is 0 Å². The van der Waals surface area contributed by atoms with Gasteiger partial charge in [-0.15, -0.1) is 18.0 Å². The molecule has 0 aliphatic carbocycles. The number of terminal acetylenes is 1. The number of hydrogen-bond acceptors (Lipinski definition) is 2. The van der Waals surface area contributed by atoms with Crippen molar-refractivity contribution in [2.45, 2.75) is 6.42 Å². The van der Waals surface area contributed by atoms with Gasteiger partial charge in [0.1, 0.15) is 5.76 Å². The summed E-state index contributed by atoms with van der Waals surface area (Å²) in [5.74, 6) is 3.61. The SMILES string of the molecule is C#CCN(C)CCc1ccco1.CCl. The molecule has 3 heteroatoms. The van der Waals surface area contributed by atoms with Crippen molar-refractivity contribution < 1.29 is 4.42 Å². The van der Waals surface area contributed by atoms with E-state index < -0.39 is 0 Å². The van der Waals surface area contributed by atoms with Crippen molar-refractivity contribution in [2.24, 2.45) is 0 Å². The van der Waals surface area contributed by atoms with Crippen molar-refractivity contribution in [3.63, 3.8) is 0 Å². The van der Waals surface area contributed by atoms with Crippen LogP contribution in [0.15, 0.2) is 22.8 Å². The molecule has 0 bridgehead atoms. The summed E-state index contributed by atoms with van der Waals surface area (Å²) in [6.07, 6.45) is 9.25. The number of alkyl halides is 1. The number of nitrogens with zero attached hydrogens (tertiary/aromatic N) is 1. The van der Waals surface area contributed by atoms with Gasteiger partial charge in [0.2, 0.25) is 0 Å². The molecule has 2 nitrogen and oxygen atoms in total. The Kier molecular flexibility index (Phi) is 8.11. The van der Waals surface area contributed by atoms with E-state index in [4.69, 9.17) is 10.8 Å². The Bertz CT molecular complexity index is 251. The predicted molar refractivity (Wildman–Crippen MR) is 60.5 cm³/mol. The molecule has 1 aromatic heterocycles. The molecule has 0 spiro atoms. The molecule has 0 aromatic carbocycles. The number of likely N-dealkylation sites (N-methyl/N-ethyl adjacent to an activating group) is 1. The molecular formula is C11H16ClNO. The van der Waals surface area contributed by atoms with Gasteiger partial charge in [0.25, 0.3) is 0 Å². The van der Waals surface area contributed by atoms with Gasteiger partial charge in [-0.1, -0.05) is 5.92 Å². The van der Waals surface area contributed by atoms with Crippen molar-refractivity contribution in [1.82, 2.24) is 4.90 Å². The average molecular weight is 214 g/mol. The monoisotopic (exact) mass is 213 g/mol. The Labute approximate surface area is 90.8 Å². The maximum atomic E-state index is 5.18. The zero-order valence-corrected chi connectivity index (χ0v) is 9.42. The third-order valence-corrected chi connectivity index (χ3v) is 1.68. The summed E-state index contributed by atoms with van der Waals surface area (Å²) in [7, 11) is 2.00. The quantitative estimate of drug-likeness (QED) is 0.564. The summed E-state index contributed by atoms with van der Waals surface area (Å²) in [6, 6.07) is 3.88. The first-order valence-electron chi connectivity index (χ1n) is 4.35. The third kappa shape index (κ3) is 5.69. The smallest absolute Gasteiger partial charge is 0.105 e. The van der Waals surface area contributed by atoms with Crippen LogP contribution in [0.4, 0.5) is 0 Å². The molecule has 0 amide bonds. The number of rotatable bonds is 4. The van der Waals surface area contributed by atoms with Crippen LogP contribution in [0.3, 0.4) is 0 Å². The maximum Gasteiger partial charge on any atom is 0.105 e. The van der Waals surface area contributed by atoms with Gasteiger partial charge in [-0.3, -0.25) is 4.90 Å². The molecule has 14 heavy (non-hydrogen) atoms. The molecule has 0 fully saturated rings. The fraction of sp³-hybridized carbons (Fsp3) is 0.455. The standard InChI is InChI=1S/C10H13NO.CH3Cl/c1-3-7-11(2)8-6-10-5-4-9-12-10;1-2/h1,4-5,9H,6-8H2,2H3;1H3. The molecule has 0 unspecified atom stereocenters. The van der Waals surface area contributed by atoms with Crippen LogP contribution in [-0.2, 0) is 6.42 Å². The first-order chi connectivity index (χ1) is 6.83. The third-order valence-electron chi connectivity index (χ3n) is 1.68. The van der Waals surface area contributed by atoms with Crippen LogP contribution in [0.5, 0.6) is 0 Å². The lowest BCUT2D eigenvalue weighted by atomic mass is 10.3. The van der Waals surface area contributed by atoms with Crippen LogP contribution in [-0.4, -0.2) is 31.4 Å². The summed E-state index contributed by atoms with van der Waals surface area (Å²) >= 11 is 4.64.